The van der Waals surface area contributed by atoms with Crippen LogP contribution in [0.15, 0.2) is 83.8 Å². The maximum Gasteiger partial charge on any atom is 0.310 e. The van der Waals surface area contributed by atoms with Crippen LogP contribution in [0.2, 0.25) is 0 Å². The van der Waals surface area contributed by atoms with Crippen molar-refractivity contribution in [2.24, 2.45) is 0 Å². The number of hydrogen-bond donors (Lipinski definition) is 1. The highest BCUT2D eigenvalue weighted by Gasteiger charge is 2.27. The number of rotatable bonds is 10. The summed E-state index contributed by atoms with van der Waals surface area (Å²) < 4.78 is 45.7. The molecule has 178 valence electrons. The molecule has 0 heterocycles. The smallest absolute Gasteiger partial charge is 0.310 e. The lowest BCUT2D eigenvalue weighted by Gasteiger charge is -2.22. The molecule has 3 rings (SSSR count). The Balaban J connectivity index is 1.74. The average Bonchev–Trinajstić information content (AvgIpc) is 2.82. The van der Waals surface area contributed by atoms with Crippen LogP contribution < -0.4 is 5.32 Å². The summed E-state index contributed by atoms with van der Waals surface area (Å²) in [4.78, 5) is 24.4. The van der Waals surface area contributed by atoms with Crippen LogP contribution in [0.1, 0.15) is 18.1 Å². The van der Waals surface area contributed by atoms with Crippen LogP contribution in [0.25, 0.3) is 0 Å². The number of halogens is 1. The van der Waals surface area contributed by atoms with E-state index in [1.165, 1.54) is 36.4 Å². The number of sulfonamides is 1. The van der Waals surface area contributed by atoms with Crippen LogP contribution in [-0.2, 0) is 37.3 Å². The summed E-state index contributed by atoms with van der Waals surface area (Å²) >= 11 is 0. The summed E-state index contributed by atoms with van der Waals surface area (Å²) in [5.41, 5.74) is 1.72. The van der Waals surface area contributed by atoms with Gasteiger partial charge in [-0.25, -0.2) is 12.8 Å². The third-order valence-electron chi connectivity index (χ3n) is 4.86. The number of nitrogens with one attached hydrogen (secondary N) is 1. The first-order valence-electron chi connectivity index (χ1n) is 10.6. The number of ether oxygens (including phenoxy) is 1. The van der Waals surface area contributed by atoms with Crippen molar-refractivity contribution < 1.29 is 27.1 Å². The van der Waals surface area contributed by atoms with E-state index in [9.17, 15) is 22.4 Å². The molecule has 3 aromatic rings. The predicted octanol–water partition coefficient (Wildman–Crippen LogP) is 3.76. The van der Waals surface area contributed by atoms with Crippen molar-refractivity contribution in [3.63, 3.8) is 0 Å². The van der Waals surface area contributed by atoms with Crippen molar-refractivity contribution >= 4 is 27.6 Å². The standard InChI is InChI=1S/C25H25FN2O5S/c1-2-33-25(30)16-19-10-14-22(15-11-19)27-24(29)18-28(17-20-8-12-21(26)13-9-20)34(31,32)23-6-4-3-5-7-23/h3-15H,2,16-18H2,1H3,(H,27,29). The maximum atomic E-state index is 13.3. The lowest BCUT2D eigenvalue weighted by atomic mass is 10.1. The van der Waals surface area contributed by atoms with E-state index in [2.05, 4.69) is 5.32 Å². The first-order valence-corrected chi connectivity index (χ1v) is 12.1. The molecule has 3 aromatic carbocycles. The van der Waals surface area contributed by atoms with E-state index in [0.717, 1.165) is 9.87 Å². The first kappa shape index (κ1) is 25.1. The van der Waals surface area contributed by atoms with Crippen LogP contribution in [0.3, 0.4) is 0 Å². The normalized spacial score (nSPS) is 11.3. The van der Waals surface area contributed by atoms with Crippen molar-refractivity contribution in [1.29, 1.82) is 0 Å². The maximum absolute atomic E-state index is 13.3. The van der Waals surface area contributed by atoms with Crippen LogP contribution in [0.5, 0.6) is 0 Å². The minimum Gasteiger partial charge on any atom is -0.466 e. The number of benzene rings is 3. The number of nitrogens with zero attached hydrogens (tertiary/aromatic N) is 1. The zero-order valence-electron chi connectivity index (χ0n) is 18.6. The van der Waals surface area contributed by atoms with Gasteiger partial charge in [-0.3, -0.25) is 9.59 Å². The van der Waals surface area contributed by atoms with Gasteiger partial charge < -0.3 is 10.1 Å². The Morgan fingerprint density at radius 2 is 1.53 bits per heavy atom. The van der Waals surface area contributed by atoms with Crippen molar-refractivity contribution in [2.75, 3.05) is 18.5 Å². The van der Waals surface area contributed by atoms with Crippen LogP contribution in [0.4, 0.5) is 10.1 Å². The third kappa shape index (κ3) is 6.97. The molecular formula is C25H25FN2O5S. The molecule has 0 aliphatic heterocycles. The second kappa shape index (κ2) is 11.5. The van der Waals surface area contributed by atoms with Gasteiger partial charge in [-0.1, -0.05) is 42.5 Å². The van der Waals surface area contributed by atoms with E-state index in [1.54, 1.807) is 49.4 Å². The number of carbonyl (C=O) groups excluding carboxylic acids is 2. The summed E-state index contributed by atoms with van der Waals surface area (Å²) in [7, 11) is -4.00. The van der Waals surface area contributed by atoms with E-state index < -0.39 is 28.3 Å². The van der Waals surface area contributed by atoms with E-state index in [1.807, 2.05) is 0 Å². The monoisotopic (exact) mass is 484 g/mol. The molecule has 0 aliphatic carbocycles. The Bertz CT molecular complexity index is 1210. The molecule has 9 heteroatoms. The molecule has 0 aromatic heterocycles. The van der Waals surface area contributed by atoms with Gasteiger partial charge in [0.15, 0.2) is 0 Å². The highest BCUT2D eigenvalue weighted by Crippen LogP contribution is 2.19. The molecule has 1 N–H and O–H groups in total. The molecule has 0 saturated carbocycles. The fourth-order valence-electron chi connectivity index (χ4n) is 3.21. The summed E-state index contributed by atoms with van der Waals surface area (Å²) in [6.07, 6.45) is 0.114. The fraction of sp³-hybridized carbons (Fsp3) is 0.200. The minimum absolute atomic E-state index is 0.0493. The molecule has 7 nitrogen and oxygen atoms in total. The second-order valence-electron chi connectivity index (χ2n) is 7.44. The van der Waals surface area contributed by atoms with E-state index in [4.69, 9.17) is 4.74 Å². The molecule has 0 atom stereocenters. The Hall–Kier alpha value is -3.56. The summed E-state index contributed by atoms with van der Waals surface area (Å²) in [5.74, 6) is -1.33. The van der Waals surface area contributed by atoms with Crippen LogP contribution in [0, 0.1) is 5.82 Å². The van der Waals surface area contributed by atoms with Crippen molar-refractivity contribution in [2.45, 2.75) is 24.8 Å². The second-order valence-corrected chi connectivity index (χ2v) is 9.38. The molecule has 0 aliphatic rings. The number of carbonyl (C=O) groups is 2. The zero-order valence-corrected chi connectivity index (χ0v) is 19.4. The molecular weight excluding hydrogens is 459 g/mol. The van der Waals surface area contributed by atoms with Crippen molar-refractivity contribution in [1.82, 2.24) is 4.31 Å². The largest absolute Gasteiger partial charge is 0.466 e. The summed E-state index contributed by atoms with van der Waals surface area (Å²) in [5, 5.41) is 2.68. The Morgan fingerprint density at radius 1 is 0.912 bits per heavy atom. The molecule has 0 saturated heterocycles. The van der Waals surface area contributed by atoms with Gasteiger partial charge in [0.05, 0.1) is 24.5 Å². The van der Waals surface area contributed by atoms with Gasteiger partial charge in [-0.05, 0) is 54.4 Å². The predicted molar refractivity (Wildman–Crippen MR) is 126 cm³/mol. The van der Waals surface area contributed by atoms with Gasteiger partial charge in [-0.2, -0.15) is 4.31 Å². The number of amides is 1. The summed E-state index contributed by atoms with van der Waals surface area (Å²) in [6.45, 7) is 1.48. The van der Waals surface area contributed by atoms with Gasteiger partial charge >= 0.3 is 5.97 Å². The van der Waals surface area contributed by atoms with Gasteiger partial charge in [0.2, 0.25) is 15.9 Å². The Morgan fingerprint density at radius 3 is 2.15 bits per heavy atom. The molecule has 0 spiro atoms. The summed E-state index contributed by atoms with van der Waals surface area (Å²) in [6, 6.07) is 19.8. The van der Waals surface area contributed by atoms with E-state index >= 15 is 0 Å². The number of esters is 1. The van der Waals surface area contributed by atoms with Gasteiger partial charge in [0.1, 0.15) is 5.82 Å². The number of hydrogen-bond acceptors (Lipinski definition) is 5. The Labute approximate surface area is 198 Å². The zero-order chi connectivity index (χ0) is 24.6. The third-order valence-corrected chi connectivity index (χ3v) is 6.67. The Kier molecular flexibility index (Phi) is 8.50. The highest BCUT2D eigenvalue weighted by molar-refractivity contribution is 7.89. The fourth-order valence-corrected chi connectivity index (χ4v) is 4.61. The van der Waals surface area contributed by atoms with E-state index in [0.29, 0.717) is 17.9 Å². The van der Waals surface area contributed by atoms with E-state index in [-0.39, 0.29) is 23.8 Å². The first-order chi connectivity index (χ1) is 16.3. The topological polar surface area (TPSA) is 92.8 Å². The molecule has 0 fully saturated rings. The van der Waals surface area contributed by atoms with Crippen LogP contribution >= 0.6 is 0 Å². The number of anilines is 1. The van der Waals surface area contributed by atoms with Crippen molar-refractivity contribution in [3.05, 3.63) is 95.8 Å². The molecule has 1 amide bonds. The molecule has 0 unspecified atom stereocenters. The minimum atomic E-state index is -4.00. The quantitative estimate of drug-likeness (QED) is 0.443. The molecule has 0 radical (unpaired) electrons. The van der Waals surface area contributed by atoms with Gasteiger partial charge in [0, 0.05) is 12.2 Å². The molecule has 34 heavy (non-hydrogen) atoms. The van der Waals surface area contributed by atoms with Crippen molar-refractivity contribution in [3.8, 4) is 0 Å². The SMILES string of the molecule is CCOC(=O)Cc1ccc(NC(=O)CN(Cc2ccc(F)cc2)S(=O)(=O)c2ccccc2)cc1. The lowest BCUT2D eigenvalue weighted by molar-refractivity contribution is -0.142. The van der Waals surface area contributed by atoms with Crippen LogP contribution in [-0.4, -0.2) is 37.8 Å². The molecule has 0 bridgehead atoms. The van der Waals surface area contributed by atoms with Gasteiger partial charge in [0.25, 0.3) is 0 Å². The van der Waals surface area contributed by atoms with Gasteiger partial charge in [-0.15, -0.1) is 0 Å². The average molecular weight is 485 g/mol. The lowest BCUT2D eigenvalue weighted by Crippen LogP contribution is -2.37. The highest BCUT2D eigenvalue weighted by atomic mass is 32.2.